The third kappa shape index (κ3) is 1.80. The van der Waals surface area contributed by atoms with Crippen LogP contribution < -0.4 is 0 Å². The van der Waals surface area contributed by atoms with E-state index in [1.807, 2.05) is 34.9 Å². The van der Waals surface area contributed by atoms with Crippen molar-refractivity contribution in [2.45, 2.75) is 12.4 Å². The fourth-order valence-corrected chi connectivity index (χ4v) is 2.09. The van der Waals surface area contributed by atoms with E-state index in [0.717, 1.165) is 22.6 Å². The SMILES string of the molecule is ClCc1nc2ccccc2n1Cc1ccno1. The van der Waals surface area contributed by atoms with Crippen LogP contribution in [0.4, 0.5) is 0 Å². The summed E-state index contributed by atoms with van der Waals surface area (Å²) in [7, 11) is 0. The zero-order valence-corrected chi connectivity index (χ0v) is 9.76. The van der Waals surface area contributed by atoms with Crippen LogP contribution in [0.5, 0.6) is 0 Å². The summed E-state index contributed by atoms with van der Waals surface area (Å²) in [5.74, 6) is 2.01. The second kappa shape index (κ2) is 4.22. The lowest BCUT2D eigenvalue weighted by molar-refractivity contribution is 0.376. The zero-order chi connectivity index (χ0) is 11.7. The Kier molecular flexibility index (Phi) is 2.57. The molecule has 0 aliphatic heterocycles. The van der Waals surface area contributed by atoms with E-state index in [1.54, 1.807) is 6.20 Å². The van der Waals surface area contributed by atoms with Gasteiger partial charge < -0.3 is 9.09 Å². The fraction of sp³-hybridized carbons (Fsp3) is 0.167. The summed E-state index contributed by atoms with van der Waals surface area (Å²) in [6.45, 7) is 0.600. The van der Waals surface area contributed by atoms with Gasteiger partial charge in [0, 0.05) is 6.07 Å². The minimum Gasteiger partial charge on any atom is -0.359 e. The first-order chi connectivity index (χ1) is 8.38. The Morgan fingerprint density at radius 1 is 1.24 bits per heavy atom. The number of nitrogens with zero attached hydrogens (tertiary/aromatic N) is 3. The van der Waals surface area contributed by atoms with E-state index in [4.69, 9.17) is 16.1 Å². The number of hydrogen-bond acceptors (Lipinski definition) is 3. The predicted octanol–water partition coefficient (Wildman–Crippen LogP) is 2.81. The number of hydrogen-bond donors (Lipinski definition) is 0. The van der Waals surface area contributed by atoms with E-state index in [2.05, 4.69) is 10.1 Å². The quantitative estimate of drug-likeness (QED) is 0.669. The molecule has 0 saturated carbocycles. The highest BCUT2D eigenvalue weighted by Gasteiger charge is 2.10. The van der Waals surface area contributed by atoms with Crippen LogP contribution in [0, 0.1) is 0 Å². The summed E-state index contributed by atoms with van der Waals surface area (Å²) >= 11 is 5.91. The molecule has 86 valence electrons. The molecule has 2 aromatic heterocycles. The van der Waals surface area contributed by atoms with E-state index in [1.165, 1.54) is 0 Å². The molecule has 4 nitrogen and oxygen atoms in total. The number of halogens is 1. The molecule has 0 unspecified atom stereocenters. The standard InChI is InChI=1S/C12H10ClN3O/c13-7-12-15-10-3-1-2-4-11(10)16(12)8-9-5-6-14-17-9/h1-6H,7-8H2. The average Bonchev–Trinajstić information content (AvgIpc) is 2.98. The van der Waals surface area contributed by atoms with Gasteiger partial charge in [0.25, 0.3) is 0 Å². The third-order valence-electron chi connectivity index (χ3n) is 2.66. The van der Waals surface area contributed by atoms with Crippen LogP contribution in [0.1, 0.15) is 11.6 Å². The molecule has 0 atom stereocenters. The molecular formula is C12H10ClN3O. The van der Waals surface area contributed by atoms with Crippen molar-refractivity contribution in [3.05, 3.63) is 48.1 Å². The number of fused-ring (bicyclic) bond motifs is 1. The van der Waals surface area contributed by atoms with Crippen LogP contribution in [0.3, 0.4) is 0 Å². The highest BCUT2D eigenvalue weighted by molar-refractivity contribution is 6.16. The smallest absolute Gasteiger partial charge is 0.156 e. The summed E-state index contributed by atoms with van der Waals surface area (Å²) in [6, 6.07) is 9.79. The Balaban J connectivity index is 2.12. The molecule has 0 spiro atoms. The summed E-state index contributed by atoms with van der Waals surface area (Å²) in [6.07, 6.45) is 1.63. The van der Waals surface area contributed by atoms with Crippen molar-refractivity contribution in [3.63, 3.8) is 0 Å². The van der Waals surface area contributed by atoms with Crippen molar-refractivity contribution in [3.8, 4) is 0 Å². The van der Waals surface area contributed by atoms with Gasteiger partial charge in [-0.2, -0.15) is 0 Å². The Morgan fingerprint density at radius 3 is 2.88 bits per heavy atom. The second-order valence-electron chi connectivity index (χ2n) is 3.72. The second-order valence-corrected chi connectivity index (χ2v) is 3.98. The monoisotopic (exact) mass is 247 g/mol. The molecule has 0 aliphatic rings. The van der Waals surface area contributed by atoms with E-state index in [9.17, 15) is 0 Å². The molecule has 0 radical (unpaired) electrons. The van der Waals surface area contributed by atoms with Gasteiger partial charge in [0.05, 0.1) is 29.7 Å². The van der Waals surface area contributed by atoms with Crippen molar-refractivity contribution in [1.29, 1.82) is 0 Å². The number of benzene rings is 1. The van der Waals surface area contributed by atoms with E-state index in [-0.39, 0.29) is 0 Å². The normalized spacial score (nSPS) is 11.1. The van der Waals surface area contributed by atoms with Gasteiger partial charge in [-0.25, -0.2) is 4.98 Å². The van der Waals surface area contributed by atoms with Gasteiger partial charge in [-0.15, -0.1) is 11.6 Å². The van der Waals surface area contributed by atoms with Gasteiger partial charge in [-0.1, -0.05) is 17.3 Å². The molecule has 1 aromatic carbocycles. The maximum Gasteiger partial charge on any atom is 0.156 e. The number of rotatable bonds is 3. The lowest BCUT2D eigenvalue weighted by Crippen LogP contribution is -2.02. The Morgan fingerprint density at radius 2 is 2.12 bits per heavy atom. The van der Waals surface area contributed by atoms with Crippen LogP contribution in [-0.4, -0.2) is 14.7 Å². The van der Waals surface area contributed by atoms with Crippen LogP contribution in [0.2, 0.25) is 0 Å². The van der Waals surface area contributed by atoms with Crippen molar-refractivity contribution in [1.82, 2.24) is 14.7 Å². The molecule has 0 fully saturated rings. The number of aromatic nitrogens is 3. The molecule has 3 aromatic rings. The largest absolute Gasteiger partial charge is 0.359 e. The van der Waals surface area contributed by atoms with Crippen LogP contribution >= 0.6 is 11.6 Å². The minimum absolute atomic E-state index is 0.378. The van der Waals surface area contributed by atoms with Gasteiger partial charge in [0.15, 0.2) is 5.76 Å². The summed E-state index contributed by atoms with van der Waals surface area (Å²) in [5, 5.41) is 3.70. The lowest BCUT2D eigenvalue weighted by atomic mass is 10.3. The van der Waals surface area contributed by atoms with Crippen molar-refractivity contribution < 1.29 is 4.52 Å². The first-order valence-corrected chi connectivity index (χ1v) is 5.81. The number of imidazole rings is 1. The van der Waals surface area contributed by atoms with Crippen LogP contribution in [-0.2, 0) is 12.4 Å². The molecule has 17 heavy (non-hydrogen) atoms. The fourth-order valence-electron chi connectivity index (χ4n) is 1.88. The molecular weight excluding hydrogens is 238 g/mol. The summed E-state index contributed by atoms with van der Waals surface area (Å²) < 4.78 is 7.16. The van der Waals surface area contributed by atoms with E-state index >= 15 is 0 Å². The lowest BCUT2D eigenvalue weighted by Gasteiger charge is -2.04. The molecule has 0 saturated heterocycles. The average molecular weight is 248 g/mol. The first-order valence-electron chi connectivity index (χ1n) is 5.28. The molecule has 5 heteroatoms. The van der Waals surface area contributed by atoms with Gasteiger partial charge in [0.1, 0.15) is 5.82 Å². The molecule has 3 rings (SSSR count). The zero-order valence-electron chi connectivity index (χ0n) is 9.01. The summed E-state index contributed by atoms with van der Waals surface area (Å²) in [5.41, 5.74) is 2.00. The molecule has 0 aliphatic carbocycles. The van der Waals surface area contributed by atoms with E-state index < -0.39 is 0 Å². The molecule has 0 amide bonds. The Bertz CT molecular complexity index is 630. The molecule has 0 bridgehead atoms. The van der Waals surface area contributed by atoms with Crippen LogP contribution in [0.25, 0.3) is 11.0 Å². The topological polar surface area (TPSA) is 43.9 Å². The first kappa shape index (κ1) is 10.4. The maximum absolute atomic E-state index is 5.91. The van der Waals surface area contributed by atoms with E-state index in [0.29, 0.717) is 12.4 Å². The van der Waals surface area contributed by atoms with Crippen molar-refractivity contribution >= 4 is 22.6 Å². The van der Waals surface area contributed by atoms with Gasteiger partial charge in [-0.05, 0) is 12.1 Å². The predicted molar refractivity (Wildman–Crippen MR) is 64.9 cm³/mol. The van der Waals surface area contributed by atoms with Crippen molar-refractivity contribution in [2.24, 2.45) is 0 Å². The minimum atomic E-state index is 0.378. The third-order valence-corrected chi connectivity index (χ3v) is 2.90. The highest BCUT2D eigenvalue weighted by Crippen LogP contribution is 2.18. The number of alkyl halides is 1. The van der Waals surface area contributed by atoms with Crippen molar-refractivity contribution in [2.75, 3.05) is 0 Å². The van der Waals surface area contributed by atoms with Gasteiger partial charge in [-0.3, -0.25) is 0 Å². The summed E-state index contributed by atoms with van der Waals surface area (Å²) in [4.78, 5) is 4.48. The van der Waals surface area contributed by atoms with Gasteiger partial charge in [0.2, 0.25) is 0 Å². The Labute approximate surface area is 103 Å². The number of para-hydroxylation sites is 2. The molecule has 2 heterocycles. The van der Waals surface area contributed by atoms with Crippen LogP contribution in [0.15, 0.2) is 41.1 Å². The van der Waals surface area contributed by atoms with Gasteiger partial charge >= 0.3 is 0 Å². The highest BCUT2D eigenvalue weighted by atomic mass is 35.5. The Hall–Kier alpha value is -1.81. The molecule has 0 N–H and O–H groups in total. The maximum atomic E-state index is 5.91.